The van der Waals surface area contributed by atoms with Gasteiger partial charge in [-0.2, -0.15) is 9.49 Å². The first-order valence-electron chi connectivity index (χ1n) is 6.26. The third kappa shape index (κ3) is 2.46. The lowest BCUT2D eigenvalue weighted by Crippen LogP contribution is -2.13. The fraction of sp³-hybridized carbons (Fsp3) is 0.462. The molecule has 18 heavy (non-hydrogen) atoms. The van der Waals surface area contributed by atoms with Gasteiger partial charge in [0.25, 0.3) is 0 Å². The normalized spacial score (nSPS) is 11.1. The summed E-state index contributed by atoms with van der Waals surface area (Å²) in [5, 5.41) is 7.25. The Kier molecular flexibility index (Phi) is 4.15. The van der Waals surface area contributed by atoms with Crippen molar-refractivity contribution in [3.05, 3.63) is 30.2 Å². The Morgan fingerprint density at radius 1 is 1.39 bits per heavy atom. The molecule has 2 aromatic rings. The van der Waals surface area contributed by atoms with Gasteiger partial charge >= 0.3 is 0 Å². The summed E-state index contributed by atoms with van der Waals surface area (Å²) in [5.74, 6) is 0.439. The Labute approximate surface area is 106 Å². The summed E-state index contributed by atoms with van der Waals surface area (Å²) in [6, 6.07) is 1.78. The van der Waals surface area contributed by atoms with Gasteiger partial charge < -0.3 is 9.73 Å². The fourth-order valence-corrected chi connectivity index (χ4v) is 1.87. The first-order chi connectivity index (χ1) is 8.77. The molecule has 0 atom stereocenters. The van der Waals surface area contributed by atoms with E-state index in [-0.39, 0.29) is 5.95 Å². The van der Waals surface area contributed by atoms with Crippen molar-refractivity contribution in [3.8, 4) is 11.1 Å². The van der Waals surface area contributed by atoms with E-state index in [0.717, 1.165) is 24.3 Å². The lowest BCUT2D eigenvalue weighted by molar-refractivity contribution is 0.470. The fourth-order valence-electron chi connectivity index (χ4n) is 1.87. The minimum absolute atomic E-state index is 0.310. The van der Waals surface area contributed by atoms with Gasteiger partial charge in [0.2, 0.25) is 5.95 Å². The van der Waals surface area contributed by atoms with Gasteiger partial charge in [0.15, 0.2) is 0 Å². The van der Waals surface area contributed by atoms with E-state index >= 15 is 0 Å². The topological polar surface area (TPSA) is 43.0 Å². The molecular formula is C13H18FN3O. The number of hydrogen-bond acceptors (Lipinski definition) is 3. The van der Waals surface area contributed by atoms with E-state index in [4.69, 9.17) is 4.42 Å². The van der Waals surface area contributed by atoms with Crippen LogP contribution in [0, 0.1) is 5.95 Å². The summed E-state index contributed by atoms with van der Waals surface area (Å²) in [6.07, 6.45) is 4.19. The lowest BCUT2D eigenvalue weighted by Gasteiger charge is -2.03. The summed E-state index contributed by atoms with van der Waals surface area (Å²) < 4.78 is 20.7. The second-order valence-corrected chi connectivity index (χ2v) is 4.10. The number of nitrogens with one attached hydrogen (secondary N) is 1. The maximum absolute atomic E-state index is 14.0. The van der Waals surface area contributed by atoms with Gasteiger partial charge in [0.05, 0.1) is 24.6 Å². The Balaban J connectivity index is 2.22. The predicted octanol–water partition coefficient (Wildman–Crippen LogP) is 2.80. The minimum atomic E-state index is -0.310. The van der Waals surface area contributed by atoms with Gasteiger partial charge in [-0.3, -0.25) is 0 Å². The average Bonchev–Trinajstić information content (AvgIpc) is 2.96. The van der Waals surface area contributed by atoms with Crippen molar-refractivity contribution in [3.63, 3.8) is 0 Å². The molecule has 2 rings (SSSR count). The van der Waals surface area contributed by atoms with Crippen LogP contribution in [0.25, 0.3) is 11.1 Å². The molecule has 0 aliphatic heterocycles. The van der Waals surface area contributed by atoms with Crippen LogP contribution in [0.4, 0.5) is 4.39 Å². The van der Waals surface area contributed by atoms with E-state index in [1.165, 1.54) is 4.68 Å². The number of nitrogens with zero attached hydrogens (tertiary/aromatic N) is 2. The zero-order valence-electron chi connectivity index (χ0n) is 10.7. The molecule has 0 spiro atoms. The minimum Gasteiger partial charge on any atom is -0.467 e. The number of aryl methyl sites for hydroxylation is 1. The van der Waals surface area contributed by atoms with Crippen molar-refractivity contribution >= 4 is 0 Å². The van der Waals surface area contributed by atoms with Crippen LogP contribution >= 0.6 is 0 Å². The van der Waals surface area contributed by atoms with Crippen LogP contribution in [0.5, 0.6) is 0 Å². The van der Waals surface area contributed by atoms with Gasteiger partial charge in [0, 0.05) is 12.1 Å². The molecule has 1 N–H and O–H groups in total. The van der Waals surface area contributed by atoms with Crippen molar-refractivity contribution in [1.29, 1.82) is 0 Å². The molecule has 0 saturated heterocycles. The third-order valence-corrected chi connectivity index (χ3v) is 2.82. The lowest BCUT2D eigenvalue weighted by atomic mass is 10.1. The maximum Gasteiger partial charge on any atom is 0.219 e. The molecule has 0 fully saturated rings. The van der Waals surface area contributed by atoms with E-state index in [9.17, 15) is 4.39 Å². The van der Waals surface area contributed by atoms with Crippen LogP contribution in [0.2, 0.25) is 0 Å². The Bertz CT molecular complexity index is 504. The molecule has 5 heteroatoms. The summed E-state index contributed by atoms with van der Waals surface area (Å²) in [6.45, 7) is 6.00. The first kappa shape index (κ1) is 12.8. The largest absolute Gasteiger partial charge is 0.467 e. The Morgan fingerprint density at radius 2 is 2.22 bits per heavy atom. The maximum atomic E-state index is 14.0. The van der Waals surface area contributed by atoms with E-state index in [1.807, 2.05) is 6.92 Å². The van der Waals surface area contributed by atoms with Crippen LogP contribution in [-0.2, 0) is 13.1 Å². The van der Waals surface area contributed by atoms with Crippen LogP contribution in [0.3, 0.4) is 0 Å². The van der Waals surface area contributed by atoms with Crippen molar-refractivity contribution in [1.82, 2.24) is 15.1 Å². The second kappa shape index (κ2) is 5.82. The van der Waals surface area contributed by atoms with Crippen molar-refractivity contribution in [2.75, 3.05) is 6.54 Å². The molecular weight excluding hydrogens is 233 g/mol. The number of halogens is 1. The van der Waals surface area contributed by atoms with Gasteiger partial charge in [-0.1, -0.05) is 6.92 Å². The van der Waals surface area contributed by atoms with E-state index in [1.54, 1.807) is 18.5 Å². The highest BCUT2D eigenvalue weighted by molar-refractivity contribution is 5.64. The standard InChI is InChI=1S/C13H18FN3O/c1-3-6-15-9-12-10(5-7-18-12)11-8-16-17(4-2)13(11)14/h5,7-8,15H,3-4,6,9H2,1-2H3. The van der Waals surface area contributed by atoms with Crippen LogP contribution in [0.1, 0.15) is 26.0 Å². The van der Waals surface area contributed by atoms with Crippen LogP contribution < -0.4 is 5.32 Å². The van der Waals surface area contributed by atoms with Crippen molar-refractivity contribution < 1.29 is 8.81 Å². The molecule has 0 aliphatic rings. The predicted molar refractivity (Wildman–Crippen MR) is 67.6 cm³/mol. The monoisotopic (exact) mass is 251 g/mol. The number of furan rings is 1. The Morgan fingerprint density at radius 3 is 2.89 bits per heavy atom. The highest BCUT2D eigenvalue weighted by Gasteiger charge is 2.16. The van der Waals surface area contributed by atoms with Gasteiger partial charge in [-0.15, -0.1) is 0 Å². The summed E-state index contributed by atoms with van der Waals surface area (Å²) in [7, 11) is 0. The molecule has 0 aromatic carbocycles. The molecule has 0 bridgehead atoms. The second-order valence-electron chi connectivity index (χ2n) is 4.10. The summed E-state index contributed by atoms with van der Waals surface area (Å²) in [5.41, 5.74) is 1.27. The van der Waals surface area contributed by atoms with Crippen molar-refractivity contribution in [2.24, 2.45) is 0 Å². The SMILES string of the molecule is CCCNCc1occc1-c1cnn(CC)c1F. The van der Waals surface area contributed by atoms with Crippen LogP contribution in [-0.4, -0.2) is 16.3 Å². The molecule has 0 radical (unpaired) electrons. The molecule has 4 nitrogen and oxygen atoms in total. The van der Waals surface area contributed by atoms with Crippen LogP contribution in [0.15, 0.2) is 22.9 Å². The average molecular weight is 251 g/mol. The highest BCUT2D eigenvalue weighted by atomic mass is 19.1. The smallest absolute Gasteiger partial charge is 0.219 e. The van der Waals surface area contributed by atoms with Gasteiger partial charge in [-0.25, -0.2) is 4.68 Å². The molecule has 0 aliphatic carbocycles. The van der Waals surface area contributed by atoms with Gasteiger partial charge in [0.1, 0.15) is 5.76 Å². The summed E-state index contributed by atoms with van der Waals surface area (Å²) >= 11 is 0. The zero-order valence-corrected chi connectivity index (χ0v) is 10.7. The number of aromatic nitrogens is 2. The van der Waals surface area contributed by atoms with E-state index < -0.39 is 0 Å². The quantitative estimate of drug-likeness (QED) is 0.803. The summed E-state index contributed by atoms with van der Waals surface area (Å²) in [4.78, 5) is 0. The highest BCUT2D eigenvalue weighted by Crippen LogP contribution is 2.27. The molecule has 0 amide bonds. The van der Waals surface area contributed by atoms with E-state index in [0.29, 0.717) is 18.7 Å². The zero-order chi connectivity index (χ0) is 13.0. The molecule has 2 aromatic heterocycles. The Hall–Kier alpha value is -1.62. The molecule has 98 valence electrons. The first-order valence-corrected chi connectivity index (χ1v) is 6.26. The third-order valence-electron chi connectivity index (χ3n) is 2.82. The number of hydrogen-bond donors (Lipinski definition) is 1. The van der Waals surface area contributed by atoms with Gasteiger partial charge in [-0.05, 0) is 26.0 Å². The van der Waals surface area contributed by atoms with Crippen molar-refractivity contribution in [2.45, 2.75) is 33.4 Å². The molecule has 0 unspecified atom stereocenters. The molecule has 2 heterocycles. The number of rotatable bonds is 6. The molecule has 0 saturated carbocycles. The van der Waals surface area contributed by atoms with E-state index in [2.05, 4.69) is 17.3 Å².